The fraction of sp³-hybridized carbons (Fsp3) is 0.400. The first kappa shape index (κ1) is 9.21. The summed E-state index contributed by atoms with van der Waals surface area (Å²) >= 11 is 11.5. The summed E-state index contributed by atoms with van der Waals surface area (Å²) in [6, 6.07) is 1.84. The average molecular weight is 184 g/mol. The van der Waals surface area contributed by atoms with E-state index in [9.17, 15) is 0 Å². The van der Waals surface area contributed by atoms with Crippen LogP contribution in [-0.4, -0.2) is 10.8 Å². The number of nitrogens with zero attached hydrogens (tertiary/aromatic N) is 1. The molecule has 4 heteroatoms. The average Bonchev–Trinajstić information content (AvgIpc) is 2.20. The quantitative estimate of drug-likeness (QED) is 0.565. The first-order valence-corrected chi connectivity index (χ1v) is 4.16. The number of aromatic nitrogens is 1. The molecular weight excluding hydrogens is 177 g/mol. The van der Waals surface area contributed by atoms with Crippen LogP contribution in [0.25, 0.3) is 0 Å². The highest BCUT2D eigenvalue weighted by atomic mass is 35.5. The van der Waals surface area contributed by atoms with Gasteiger partial charge in [-0.15, -0.1) is 11.6 Å². The third kappa shape index (κ3) is 3.73. The van der Waals surface area contributed by atoms with Crippen LogP contribution >= 0.6 is 34.7 Å². The molecule has 52 valence electrons. The zero-order valence-corrected chi connectivity index (χ0v) is 7.52. The molecule has 1 rings (SSSR count). The molecule has 0 aliphatic rings. The van der Waals surface area contributed by atoms with E-state index >= 15 is 0 Å². The van der Waals surface area contributed by atoms with E-state index in [0.29, 0.717) is 5.15 Å². The molecule has 0 aliphatic heterocycles. The molecule has 0 saturated carbocycles. The van der Waals surface area contributed by atoms with Gasteiger partial charge in [0.25, 0.3) is 0 Å². The van der Waals surface area contributed by atoms with E-state index in [2.05, 4.69) is 16.0 Å². The molecule has 0 N–H and O–H groups in total. The Morgan fingerprint density at radius 1 is 1.56 bits per heavy atom. The molecule has 0 bridgehead atoms. The van der Waals surface area contributed by atoms with Crippen molar-refractivity contribution in [2.75, 3.05) is 6.38 Å². The van der Waals surface area contributed by atoms with Crippen LogP contribution in [0.2, 0.25) is 5.15 Å². The van der Waals surface area contributed by atoms with Crippen molar-refractivity contribution in [1.82, 2.24) is 4.37 Å². The molecule has 0 aliphatic carbocycles. The SMILES string of the molecule is CCl.Cc1cc(Cl)ns1. The van der Waals surface area contributed by atoms with Crippen LogP contribution < -0.4 is 0 Å². The van der Waals surface area contributed by atoms with Crippen LogP contribution in [0.5, 0.6) is 0 Å². The predicted octanol–water partition coefficient (Wildman–Crippen LogP) is 2.96. The smallest absolute Gasteiger partial charge is 0.143 e. The lowest BCUT2D eigenvalue weighted by molar-refractivity contribution is 1.56. The summed E-state index contributed by atoms with van der Waals surface area (Å²) in [5.41, 5.74) is 0. The number of alkyl halides is 1. The van der Waals surface area contributed by atoms with Gasteiger partial charge in [-0.25, -0.2) is 0 Å². The number of rotatable bonds is 0. The minimum absolute atomic E-state index is 0.600. The van der Waals surface area contributed by atoms with Gasteiger partial charge < -0.3 is 0 Å². The maximum absolute atomic E-state index is 5.46. The number of hydrogen-bond donors (Lipinski definition) is 0. The number of aryl methyl sites for hydroxylation is 1. The van der Waals surface area contributed by atoms with Crippen LogP contribution in [0.15, 0.2) is 6.07 Å². The second-order valence-electron chi connectivity index (χ2n) is 1.26. The Bertz CT molecular complexity index is 147. The van der Waals surface area contributed by atoms with Crippen molar-refractivity contribution in [3.8, 4) is 0 Å². The van der Waals surface area contributed by atoms with E-state index in [4.69, 9.17) is 11.6 Å². The summed E-state index contributed by atoms with van der Waals surface area (Å²) < 4.78 is 3.82. The van der Waals surface area contributed by atoms with Gasteiger partial charge in [-0.1, -0.05) is 11.6 Å². The summed E-state index contributed by atoms with van der Waals surface area (Å²) in [6.45, 7) is 1.98. The van der Waals surface area contributed by atoms with Crippen LogP contribution in [0.3, 0.4) is 0 Å². The van der Waals surface area contributed by atoms with E-state index in [1.807, 2.05) is 13.0 Å². The predicted molar refractivity (Wildman–Crippen MR) is 43.6 cm³/mol. The molecule has 0 saturated heterocycles. The highest BCUT2D eigenvalue weighted by Crippen LogP contribution is 2.11. The molecule has 9 heavy (non-hydrogen) atoms. The Morgan fingerprint density at radius 2 is 2.11 bits per heavy atom. The Hall–Kier alpha value is 0.210. The van der Waals surface area contributed by atoms with Gasteiger partial charge in [0, 0.05) is 11.3 Å². The molecule has 0 radical (unpaired) electrons. The highest BCUT2D eigenvalue weighted by Gasteiger charge is 1.88. The standard InChI is InChI=1S/C4H4ClNS.CH3Cl/c1-3-2-4(5)6-7-3;1-2/h2H,1H3;1H3. The van der Waals surface area contributed by atoms with Crippen LogP contribution in [0.1, 0.15) is 4.88 Å². The van der Waals surface area contributed by atoms with E-state index in [1.165, 1.54) is 17.9 Å². The van der Waals surface area contributed by atoms with Gasteiger partial charge in [-0.3, -0.25) is 0 Å². The van der Waals surface area contributed by atoms with Crippen molar-refractivity contribution in [2.45, 2.75) is 6.92 Å². The van der Waals surface area contributed by atoms with Gasteiger partial charge in [0.15, 0.2) is 0 Å². The molecule has 0 fully saturated rings. The van der Waals surface area contributed by atoms with Gasteiger partial charge in [-0.2, -0.15) is 4.37 Å². The monoisotopic (exact) mass is 183 g/mol. The Balaban J connectivity index is 0.000000291. The first-order chi connectivity index (χ1) is 4.29. The molecular formula is C5H7Cl2NS. The second-order valence-corrected chi connectivity index (χ2v) is 2.66. The fourth-order valence-corrected chi connectivity index (χ4v) is 1.12. The van der Waals surface area contributed by atoms with Crippen LogP contribution in [0.4, 0.5) is 0 Å². The first-order valence-electron chi connectivity index (χ1n) is 2.25. The maximum atomic E-state index is 5.46. The van der Waals surface area contributed by atoms with Crippen molar-refractivity contribution < 1.29 is 0 Å². The molecule has 1 aromatic rings. The molecule has 0 unspecified atom stereocenters. The third-order valence-electron chi connectivity index (χ3n) is 0.599. The van der Waals surface area contributed by atoms with Crippen LogP contribution in [-0.2, 0) is 0 Å². The Labute approximate surface area is 68.8 Å². The third-order valence-corrected chi connectivity index (χ3v) is 1.59. The Morgan fingerprint density at radius 3 is 2.22 bits per heavy atom. The molecule has 0 aromatic carbocycles. The minimum atomic E-state index is 0.600. The van der Waals surface area contributed by atoms with Gasteiger partial charge in [0.05, 0.1) is 0 Å². The van der Waals surface area contributed by atoms with Crippen LogP contribution in [0, 0.1) is 6.92 Å². The van der Waals surface area contributed by atoms with Gasteiger partial charge in [0.2, 0.25) is 0 Å². The van der Waals surface area contributed by atoms with Gasteiger partial charge in [-0.05, 0) is 24.5 Å². The lowest BCUT2D eigenvalue weighted by Crippen LogP contribution is -1.48. The van der Waals surface area contributed by atoms with Crippen molar-refractivity contribution in [3.63, 3.8) is 0 Å². The van der Waals surface area contributed by atoms with E-state index in [-0.39, 0.29) is 0 Å². The number of halogens is 2. The van der Waals surface area contributed by atoms with E-state index in [0.717, 1.165) is 4.88 Å². The summed E-state index contributed by atoms with van der Waals surface area (Å²) in [5.74, 6) is 0. The van der Waals surface area contributed by atoms with Gasteiger partial charge >= 0.3 is 0 Å². The molecule has 1 heterocycles. The summed E-state index contributed by atoms with van der Waals surface area (Å²) in [6.07, 6.45) is 1.47. The van der Waals surface area contributed by atoms with Crippen molar-refractivity contribution in [1.29, 1.82) is 0 Å². The zero-order valence-electron chi connectivity index (χ0n) is 5.19. The van der Waals surface area contributed by atoms with Crippen molar-refractivity contribution in [3.05, 3.63) is 16.1 Å². The second kappa shape index (κ2) is 5.03. The van der Waals surface area contributed by atoms with E-state index in [1.54, 1.807) is 0 Å². The maximum Gasteiger partial charge on any atom is 0.143 e. The zero-order chi connectivity index (χ0) is 7.28. The van der Waals surface area contributed by atoms with E-state index < -0.39 is 0 Å². The van der Waals surface area contributed by atoms with Crippen molar-refractivity contribution >= 4 is 34.7 Å². The lowest BCUT2D eigenvalue weighted by Gasteiger charge is -1.64. The molecule has 0 amide bonds. The molecule has 0 spiro atoms. The fourth-order valence-electron chi connectivity index (χ4n) is 0.336. The highest BCUT2D eigenvalue weighted by molar-refractivity contribution is 7.06. The lowest BCUT2D eigenvalue weighted by atomic mass is 10.6. The topological polar surface area (TPSA) is 12.9 Å². The summed E-state index contributed by atoms with van der Waals surface area (Å²) in [5, 5.41) is 0.600. The molecule has 0 atom stereocenters. The molecule has 1 nitrogen and oxygen atoms in total. The number of hydrogen-bond acceptors (Lipinski definition) is 2. The summed E-state index contributed by atoms with van der Waals surface area (Å²) in [7, 11) is 0. The molecule has 1 aromatic heterocycles. The van der Waals surface area contributed by atoms with Crippen molar-refractivity contribution in [2.24, 2.45) is 0 Å². The van der Waals surface area contributed by atoms with Gasteiger partial charge in [0.1, 0.15) is 5.15 Å². The largest absolute Gasteiger partial charge is 0.181 e. The Kier molecular flexibility index (Phi) is 5.15. The normalized spacial score (nSPS) is 8.00. The summed E-state index contributed by atoms with van der Waals surface area (Å²) in [4.78, 5) is 1.16. The minimum Gasteiger partial charge on any atom is -0.181 e.